The second kappa shape index (κ2) is 7.69. The van der Waals surface area contributed by atoms with Crippen molar-refractivity contribution in [3.05, 3.63) is 53.6 Å². The summed E-state index contributed by atoms with van der Waals surface area (Å²) in [7, 11) is 0. The third-order valence-electron chi connectivity index (χ3n) is 3.67. The maximum Gasteiger partial charge on any atom is 0.338 e. The lowest BCUT2D eigenvalue weighted by Gasteiger charge is -2.18. The van der Waals surface area contributed by atoms with E-state index in [1.54, 1.807) is 36.4 Å². The second-order valence-electron chi connectivity index (χ2n) is 5.50. The van der Waals surface area contributed by atoms with Gasteiger partial charge in [0.2, 0.25) is 0 Å². The number of benzene rings is 2. The molecular formula is C19H17NO6. The van der Waals surface area contributed by atoms with Gasteiger partial charge in [-0.3, -0.25) is 9.59 Å². The van der Waals surface area contributed by atoms with Crippen LogP contribution in [0.1, 0.15) is 27.6 Å². The Bertz CT molecular complexity index is 844. The molecule has 1 N–H and O–H groups in total. The first-order valence-electron chi connectivity index (χ1n) is 8.06. The molecule has 0 radical (unpaired) electrons. The summed E-state index contributed by atoms with van der Waals surface area (Å²) in [4.78, 5) is 35.6. The molecule has 0 aromatic heterocycles. The van der Waals surface area contributed by atoms with Crippen molar-refractivity contribution in [3.8, 4) is 11.5 Å². The molecule has 1 aliphatic rings. The molecule has 3 rings (SSSR count). The molecule has 26 heavy (non-hydrogen) atoms. The van der Waals surface area contributed by atoms with Crippen LogP contribution in [-0.4, -0.2) is 37.5 Å². The van der Waals surface area contributed by atoms with Crippen molar-refractivity contribution in [1.29, 1.82) is 0 Å². The van der Waals surface area contributed by atoms with E-state index in [0.29, 0.717) is 34.9 Å². The lowest BCUT2D eigenvalue weighted by atomic mass is 10.1. The molecule has 0 bridgehead atoms. The Morgan fingerprint density at radius 1 is 1.12 bits per heavy atom. The predicted octanol–water partition coefficient (Wildman–Crippen LogP) is 2.46. The molecule has 7 heteroatoms. The van der Waals surface area contributed by atoms with E-state index in [0.717, 1.165) is 0 Å². The Morgan fingerprint density at radius 3 is 2.58 bits per heavy atom. The lowest BCUT2D eigenvalue weighted by molar-refractivity contribution is -0.118. The van der Waals surface area contributed by atoms with Crippen molar-refractivity contribution in [1.82, 2.24) is 0 Å². The van der Waals surface area contributed by atoms with Crippen molar-refractivity contribution in [3.63, 3.8) is 0 Å². The summed E-state index contributed by atoms with van der Waals surface area (Å²) in [6.07, 6.45) is 0. The molecule has 0 saturated heterocycles. The fourth-order valence-electron chi connectivity index (χ4n) is 2.41. The minimum absolute atomic E-state index is 0.0556. The number of anilines is 1. The molecule has 0 spiro atoms. The maximum absolute atomic E-state index is 12.2. The molecule has 134 valence electrons. The molecule has 2 aromatic rings. The second-order valence-corrected chi connectivity index (χ2v) is 5.50. The SMILES string of the molecule is CCOc1ccc(C(=O)OCC(=O)c2ccc3c(c2)NC(=O)CO3)cc1. The van der Waals surface area contributed by atoms with Gasteiger partial charge in [0.05, 0.1) is 17.9 Å². The van der Waals surface area contributed by atoms with Crippen molar-refractivity contribution >= 4 is 23.3 Å². The molecule has 0 fully saturated rings. The molecule has 7 nitrogen and oxygen atoms in total. The molecule has 1 amide bonds. The topological polar surface area (TPSA) is 90.9 Å². The van der Waals surface area contributed by atoms with Crippen molar-refractivity contribution < 1.29 is 28.6 Å². The number of hydrogen-bond donors (Lipinski definition) is 1. The van der Waals surface area contributed by atoms with Crippen molar-refractivity contribution in [2.24, 2.45) is 0 Å². The zero-order valence-corrected chi connectivity index (χ0v) is 14.1. The Morgan fingerprint density at radius 2 is 1.85 bits per heavy atom. The van der Waals surface area contributed by atoms with Crippen LogP contribution in [0.5, 0.6) is 11.5 Å². The highest BCUT2D eigenvalue weighted by Gasteiger charge is 2.18. The van der Waals surface area contributed by atoms with Crippen LogP contribution in [0.3, 0.4) is 0 Å². The number of amides is 1. The van der Waals surface area contributed by atoms with Crippen LogP contribution >= 0.6 is 0 Å². The van der Waals surface area contributed by atoms with Crippen LogP contribution in [0.15, 0.2) is 42.5 Å². The van der Waals surface area contributed by atoms with Gasteiger partial charge in [-0.25, -0.2) is 4.79 Å². The Balaban J connectivity index is 1.60. The molecule has 0 aliphatic carbocycles. The van der Waals surface area contributed by atoms with Crippen LogP contribution in [0.25, 0.3) is 0 Å². The summed E-state index contributed by atoms with van der Waals surface area (Å²) in [6.45, 7) is 1.94. The van der Waals surface area contributed by atoms with E-state index in [2.05, 4.69) is 5.32 Å². The lowest BCUT2D eigenvalue weighted by Crippen LogP contribution is -2.25. The molecule has 2 aromatic carbocycles. The third-order valence-corrected chi connectivity index (χ3v) is 3.67. The quantitative estimate of drug-likeness (QED) is 0.632. The van der Waals surface area contributed by atoms with Gasteiger partial charge < -0.3 is 19.5 Å². The number of carbonyl (C=O) groups is 3. The first-order chi connectivity index (χ1) is 12.6. The minimum atomic E-state index is -0.601. The first-order valence-corrected chi connectivity index (χ1v) is 8.06. The van der Waals surface area contributed by atoms with Crippen LogP contribution in [-0.2, 0) is 9.53 Å². The van der Waals surface area contributed by atoms with E-state index in [4.69, 9.17) is 14.2 Å². The number of Topliss-reactive ketones (excluding diaryl/α,β-unsaturated/α-hetero) is 1. The van der Waals surface area contributed by atoms with Crippen molar-refractivity contribution in [2.75, 3.05) is 25.1 Å². The Hall–Kier alpha value is -3.35. The monoisotopic (exact) mass is 355 g/mol. The fraction of sp³-hybridized carbons (Fsp3) is 0.211. The summed E-state index contributed by atoms with van der Waals surface area (Å²) in [5.41, 5.74) is 1.06. The number of ether oxygens (including phenoxy) is 3. The number of fused-ring (bicyclic) bond motifs is 1. The van der Waals surface area contributed by atoms with Crippen LogP contribution in [0.2, 0.25) is 0 Å². The normalized spacial score (nSPS) is 12.4. The number of ketones is 1. The Labute approximate surface area is 149 Å². The van der Waals surface area contributed by atoms with Crippen LogP contribution in [0.4, 0.5) is 5.69 Å². The van der Waals surface area contributed by atoms with Gasteiger partial charge in [-0.05, 0) is 49.4 Å². The largest absolute Gasteiger partial charge is 0.494 e. The third kappa shape index (κ3) is 4.00. The Kier molecular flexibility index (Phi) is 5.17. The van der Waals surface area contributed by atoms with Gasteiger partial charge in [0.15, 0.2) is 19.0 Å². The number of nitrogens with one attached hydrogen (secondary N) is 1. The highest BCUT2D eigenvalue weighted by atomic mass is 16.5. The minimum Gasteiger partial charge on any atom is -0.494 e. The molecule has 1 heterocycles. The van der Waals surface area contributed by atoms with E-state index >= 15 is 0 Å². The molecule has 0 atom stereocenters. The van der Waals surface area contributed by atoms with Crippen molar-refractivity contribution in [2.45, 2.75) is 6.92 Å². The van der Waals surface area contributed by atoms with Gasteiger partial charge in [-0.2, -0.15) is 0 Å². The predicted molar refractivity (Wildman–Crippen MR) is 92.8 cm³/mol. The molecular weight excluding hydrogens is 338 g/mol. The van der Waals surface area contributed by atoms with Crippen LogP contribution in [0, 0.1) is 0 Å². The first kappa shape index (κ1) is 17.5. The van der Waals surface area contributed by atoms with E-state index in [1.807, 2.05) is 6.92 Å². The number of hydrogen-bond acceptors (Lipinski definition) is 6. The summed E-state index contributed by atoms with van der Waals surface area (Å²) in [5, 5.41) is 2.63. The highest BCUT2D eigenvalue weighted by Crippen LogP contribution is 2.28. The van der Waals surface area contributed by atoms with Gasteiger partial charge >= 0.3 is 5.97 Å². The molecule has 0 saturated carbocycles. The summed E-state index contributed by atoms with van der Waals surface area (Å²) in [5.74, 6) is -0.127. The number of rotatable bonds is 6. The molecule has 0 unspecified atom stereocenters. The number of carbonyl (C=O) groups excluding carboxylic acids is 3. The standard InChI is InChI=1S/C19H17NO6/c1-2-24-14-6-3-12(4-7-14)19(23)26-10-16(21)13-5-8-17-15(9-13)20-18(22)11-25-17/h3-9H,2,10-11H2,1H3,(H,20,22). The van der Waals surface area contributed by atoms with Gasteiger partial charge in [0, 0.05) is 5.56 Å². The van der Waals surface area contributed by atoms with Gasteiger partial charge in [0.25, 0.3) is 5.91 Å². The summed E-state index contributed by atoms with van der Waals surface area (Å²) in [6, 6.07) is 11.1. The zero-order valence-electron chi connectivity index (χ0n) is 14.1. The maximum atomic E-state index is 12.2. The van der Waals surface area contributed by atoms with E-state index < -0.39 is 12.6 Å². The van der Waals surface area contributed by atoms with Crippen LogP contribution < -0.4 is 14.8 Å². The molecule has 1 aliphatic heterocycles. The van der Waals surface area contributed by atoms with Gasteiger partial charge in [-0.1, -0.05) is 0 Å². The van der Waals surface area contributed by atoms with E-state index in [1.165, 1.54) is 6.07 Å². The van der Waals surface area contributed by atoms with Gasteiger partial charge in [0.1, 0.15) is 11.5 Å². The zero-order chi connectivity index (χ0) is 18.5. The van der Waals surface area contributed by atoms with E-state index in [9.17, 15) is 14.4 Å². The fourth-order valence-corrected chi connectivity index (χ4v) is 2.41. The van der Waals surface area contributed by atoms with E-state index in [-0.39, 0.29) is 18.3 Å². The summed E-state index contributed by atoms with van der Waals surface area (Å²) < 4.78 is 15.6. The summed E-state index contributed by atoms with van der Waals surface area (Å²) >= 11 is 0. The highest BCUT2D eigenvalue weighted by molar-refractivity contribution is 6.02. The average molecular weight is 355 g/mol. The average Bonchev–Trinajstić information content (AvgIpc) is 2.66. The number of esters is 1. The smallest absolute Gasteiger partial charge is 0.338 e. The van der Waals surface area contributed by atoms with Gasteiger partial charge in [-0.15, -0.1) is 0 Å².